The molecule has 5 aromatic rings. The molecule has 0 aliphatic carbocycles. The molecule has 0 amide bonds. The summed E-state index contributed by atoms with van der Waals surface area (Å²) in [6, 6.07) is 24.2. The molecule has 3 aromatic carbocycles. The number of nitrogens with one attached hydrogen (secondary N) is 1. The number of nitrogens with zero attached hydrogens (tertiary/aromatic N) is 3. The minimum atomic E-state index is 0.592. The molecule has 5 rings (SSSR count). The number of imidazole rings is 1. The third-order valence-corrected chi connectivity index (χ3v) is 5.01. The van der Waals surface area contributed by atoms with Gasteiger partial charge in [0.15, 0.2) is 0 Å². The molecule has 4 nitrogen and oxygen atoms in total. The molecule has 0 saturated heterocycles. The Labute approximate surface area is 164 Å². The minimum Gasteiger partial charge on any atom is -0.342 e. The van der Waals surface area contributed by atoms with Crippen LogP contribution >= 0.6 is 15.9 Å². The zero-order valence-corrected chi connectivity index (χ0v) is 15.9. The Morgan fingerprint density at radius 2 is 1.48 bits per heavy atom. The summed E-state index contributed by atoms with van der Waals surface area (Å²) in [6.45, 7) is 0. The first-order valence-corrected chi connectivity index (χ1v) is 9.51. The number of rotatable bonds is 3. The van der Waals surface area contributed by atoms with Crippen LogP contribution in [0.15, 0.2) is 77.3 Å². The van der Waals surface area contributed by atoms with Gasteiger partial charge >= 0.3 is 0 Å². The maximum Gasteiger partial charge on any atom is 0.113 e. The van der Waals surface area contributed by atoms with Gasteiger partial charge in [-0.05, 0) is 36.4 Å². The molecule has 130 valence electrons. The quantitative estimate of drug-likeness (QED) is 0.422. The average molecular weight is 415 g/mol. The number of aromatic amines is 1. The van der Waals surface area contributed by atoms with Gasteiger partial charge in [-0.15, -0.1) is 0 Å². The highest BCUT2D eigenvalue weighted by molar-refractivity contribution is 9.10. The van der Waals surface area contributed by atoms with E-state index in [1.807, 2.05) is 60.7 Å². The highest BCUT2D eigenvalue weighted by atomic mass is 79.9. The van der Waals surface area contributed by atoms with Crippen molar-refractivity contribution in [1.82, 2.24) is 19.9 Å². The van der Waals surface area contributed by atoms with E-state index in [1.54, 1.807) is 0 Å². The summed E-state index contributed by atoms with van der Waals surface area (Å²) in [5.74, 6) is 0.886. The molecule has 27 heavy (non-hydrogen) atoms. The molecule has 0 spiro atoms. The van der Waals surface area contributed by atoms with Crippen LogP contribution < -0.4 is 0 Å². The number of hydrogen-bond acceptors (Lipinski definition) is 3. The van der Waals surface area contributed by atoms with Gasteiger partial charge in [0.25, 0.3) is 0 Å². The molecule has 1 N–H and O–H groups in total. The van der Waals surface area contributed by atoms with Gasteiger partial charge in [-0.25, -0.2) is 15.0 Å². The van der Waals surface area contributed by atoms with Crippen molar-refractivity contribution in [2.24, 2.45) is 0 Å². The molecular weight excluding hydrogens is 400 g/mol. The van der Waals surface area contributed by atoms with Crippen LogP contribution in [0.4, 0.5) is 0 Å². The summed E-state index contributed by atoms with van der Waals surface area (Å²) in [5.41, 5.74) is 6.61. The molecule has 0 atom stereocenters. The summed E-state index contributed by atoms with van der Waals surface area (Å²) >= 11 is 3.56. The van der Waals surface area contributed by atoms with E-state index in [-0.39, 0.29) is 0 Å². The molecule has 2 heterocycles. The lowest BCUT2D eigenvalue weighted by atomic mass is 10.1. The Morgan fingerprint density at radius 3 is 2.26 bits per heavy atom. The van der Waals surface area contributed by atoms with Crippen molar-refractivity contribution < 1.29 is 0 Å². The number of hydrogen-bond donors (Lipinski definition) is 1. The summed E-state index contributed by atoms with van der Waals surface area (Å²) in [4.78, 5) is 17.9. The SMILES string of the molecule is Brc1cccc(-c2nc3ccccc3nc2Cc2nc3ccccc3[nH]2)c1. The van der Waals surface area contributed by atoms with E-state index in [4.69, 9.17) is 15.0 Å². The van der Waals surface area contributed by atoms with Crippen LogP contribution in [0.1, 0.15) is 11.5 Å². The van der Waals surface area contributed by atoms with Gasteiger partial charge in [0.2, 0.25) is 0 Å². The average Bonchev–Trinajstić information content (AvgIpc) is 3.10. The van der Waals surface area contributed by atoms with Crippen LogP contribution in [0.25, 0.3) is 33.3 Å². The fourth-order valence-electron chi connectivity index (χ4n) is 3.27. The van der Waals surface area contributed by atoms with Crippen molar-refractivity contribution in [1.29, 1.82) is 0 Å². The molecule has 0 aliphatic heterocycles. The number of benzene rings is 3. The molecule has 0 aliphatic rings. The maximum absolute atomic E-state index is 4.91. The van der Waals surface area contributed by atoms with E-state index >= 15 is 0 Å². The van der Waals surface area contributed by atoms with Crippen molar-refractivity contribution in [2.75, 3.05) is 0 Å². The smallest absolute Gasteiger partial charge is 0.113 e. The van der Waals surface area contributed by atoms with Crippen LogP contribution in [-0.4, -0.2) is 19.9 Å². The van der Waals surface area contributed by atoms with Gasteiger partial charge in [0, 0.05) is 10.0 Å². The lowest BCUT2D eigenvalue weighted by Gasteiger charge is -2.10. The standard InChI is InChI=1S/C22H15BrN4/c23-15-7-5-6-14(12-15)22-20(24-16-8-1-4-11-19(16)27-22)13-21-25-17-9-2-3-10-18(17)26-21/h1-12H,13H2,(H,25,26). The maximum atomic E-state index is 4.91. The molecule has 0 unspecified atom stereocenters. The van der Waals surface area contributed by atoms with Crippen LogP contribution in [0.5, 0.6) is 0 Å². The Bertz CT molecular complexity index is 1240. The Hall–Kier alpha value is -3.05. The zero-order valence-electron chi connectivity index (χ0n) is 14.4. The minimum absolute atomic E-state index is 0.592. The lowest BCUT2D eigenvalue weighted by molar-refractivity contribution is 0.986. The van der Waals surface area contributed by atoms with Crippen LogP contribution in [0.2, 0.25) is 0 Å². The van der Waals surface area contributed by atoms with E-state index in [0.717, 1.165) is 49.3 Å². The van der Waals surface area contributed by atoms with Crippen molar-refractivity contribution in [3.05, 3.63) is 88.8 Å². The molecule has 2 aromatic heterocycles. The first-order valence-electron chi connectivity index (χ1n) is 8.71. The third-order valence-electron chi connectivity index (χ3n) is 4.51. The first-order chi connectivity index (χ1) is 13.3. The summed E-state index contributed by atoms with van der Waals surface area (Å²) in [5, 5.41) is 0. The molecule has 0 bridgehead atoms. The second-order valence-corrected chi connectivity index (χ2v) is 7.31. The predicted octanol–water partition coefficient (Wildman–Crippen LogP) is 5.53. The van der Waals surface area contributed by atoms with Gasteiger partial charge in [0.1, 0.15) is 5.82 Å². The van der Waals surface area contributed by atoms with Gasteiger partial charge in [0.05, 0.1) is 39.9 Å². The van der Waals surface area contributed by atoms with E-state index in [2.05, 4.69) is 33.0 Å². The van der Waals surface area contributed by atoms with Gasteiger partial charge in [-0.3, -0.25) is 0 Å². The second-order valence-electron chi connectivity index (χ2n) is 6.40. The molecule has 5 heteroatoms. The Kier molecular flexibility index (Phi) is 3.94. The number of H-pyrrole nitrogens is 1. The highest BCUT2D eigenvalue weighted by Crippen LogP contribution is 2.27. The van der Waals surface area contributed by atoms with Crippen LogP contribution in [0, 0.1) is 0 Å². The fourth-order valence-corrected chi connectivity index (χ4v) is 3.67. The Morgan fingerprint density at radius 1 is 0.741 bits per heavy atom. The topological polar surface area (TPSA) is 54.5 Å². The number of halogens is 1. The van der Waals surface area contributed by atoms with Gasteiger partial charge in [-0.1, -0.05) is 52.3 Å². The summed E-state index contributed by atoms with van der Waals surface area (Å²) < 4.78 is 1.02. The second kappa shape index (κ2) is 6.59. The molecule has 0 radical (unpaired) electrons. The number of fused-ring (bicyclic) bond motifs is 2. The normalized spacial score (nSPS) is 11.3. The fraction of sp³-hybridized carbons (Fsp3) is 0.0455. The van der Waals surface area contributed by atoms with Crippen molar-refractivity contribution in [2.45, 2.75) is 6.42 Å². The van der Waals surface area contributed by atoms with E-state index in [1.165, 1.54) is 0 Å². The van der Waals surface area contributed by atoms with Gasteiger partial charge in [-0.2, -0.15) is 0 Å². The largest absolute Gasteiger partial charge is 0.342 e. The molecular formula is C22H15BrN4. The molecule has 0 saturated carbocycles. The number of para-hydroxylation sites is 4. The van der Waals surface area contributed by atoms with E-state index < -0.39 is 0 Å². The van der Waals surface area contributed by atoms with E-state index in [9.17, 15) is 0 Å². The monoisotopic (exact) mass is 414 g/mol. The van der Waals surface area contributed by atoms with Crippen LogP contribution in [-0.2, 0) is 6.42 Å². The van der Waals surface area contributed by atoms with Gasteiger partial charge < -0.3 is 4.98 Å². The number of aromatic nitrogens is 4. The first kappa shape index (κ1) is 16.1. The summed E-state index contributed by atoms with van der Waals surface area (Å²) in [7, 11) is 0. The molecule has 0 fully saturated rings. The van der Waals surface area contributed by atoms with Crippen molar-refractivity contribution >= 4 is 38.0 Å². The Balaban J connectivity index is 1.68. The predicted molar refractivity (Wildman–Crippen MR) is 112 cm³/mol. The van der Waals surface area contributed by atoms with Crippen LogP contribution in [0.3, 0.4) is 0 Å². The lowest BCUT2D eigenvalue weighted by Crippen LogP contribution is -2.01. The zero-order chi connectivity index (χ0) is 18.2. The van der Waals surface area contributed by atoms with E-state index in [0.29, 0.717) is 6.42 Å². The highest BCUT2D eigenvalue weighted by Gasteiger charge is 2.14. The van der Waals surface area contributed by atoms with Crippen molar-refractivity contribution in [3.8, 4) is 11.3 Å². The summed E-state index contributed by atoms with van der Waals surface area (Å²) in [6.07, 6.45) is 0.592. The van der Waals surface area contributed by atoms with Crippen molar-refractivity contribution in [3.63, 3.8) is 0 Å². The third kappa shape index (κ3) is 3.11.